The molecule has 0 amide bonds. The maximum Gasteiger partial charge on any atom is 0.162 e. The number of allylic oxidation sites excluding steroid dienone is 1. The molecule has 0 saturated heterocycles. The maximum absolute atomic E-state index is 15.1. The third-order valence-corrected chi connectivity index (χ3v) is 4.92. The van der Waals surface area contributed by atoms with E-state index in [0.29, 0.717) is 22.9 Å². The fourth-order valence-corrected chi connectivity index (χ4v) is 3.57. The Morgan fingerprint density at radius 2 is 1.79 bits per heavy atom. The lowest BCUT2D eigenvalue weighted by Crippen LogP contribution is -2.02. The molecule has 5 heteroatoms. The molecule has 2 aromatic heterocycles. The van der Waals surface area contributed by atoms with Gasteiger partial charge in [-0.15, -0.1) is 0 Å². The van der Waals surface area contributed by atoms with Gasteiger partial charge in [0.05, 0.1) is 11.2 Å². The van der Waals surface area contributed by atoms with Gasteiger partial charge in [0.1, 0.15) is 5.82 Å². The minimum Gasteiger partial charge on any atom is -0.337 e. The van der Waals surface area contributed by atoms with Crippen molar-refractivity contribution in [2.45, 2.75) is 13.3 Å². The van der Waals surface area contributed by atoms with Crippen LogP contribution in [0, 0.1) is 5.82 Å². The van der Waals surface area contributed by atoms with E-state index in [9.17, 15) is 0 Å². The van der Waals surface area contributed by atoms with Crippen molar-refractivity contribution in [2.75, 3.05) is 5.32 Å². The summed E-state index contributed by atoms with van der Waals surface area (Å²) in [4.78, 5) is 13.4. The van der Waals surface area contributed by atoms with Gasteiger partial charge in [-0.25, -0.2) is 14.4 Å². The van der Waals surface area contributed by atoms with Gasteiger partial charge >= 0.3 is 0 Å². The second kappa shape index (κ2) is 6.53. The van der Waals surface area contributed by atoms with Crippen LogP contribution in [0.2, 0.25) is 0 Å². The molecule has 1 aliphatic carbocycles. The van der Waals surface area contributed by atoms with Crippen LogP contribution in [-0.4, -0.2) is 15.0 Å². The molecule has 0 atom stereocenters. The standard InChI is InChI=1S/C23H17FN4/c1-14-12-16-6-7-20(21(24)18(16)13-14)27-23-17-4-2-3-5-19(17)26-22(28-23)15-8-10-25-11-9-15/h2-11,13H,12H2,1H3,(H,26,27,28). The van der Waals surface area contributed by atoms with E-state index in [1.807, 2.05) is 55.5 Å². The topological polar surface area (TPSA) is 50.7 Å². The summed E-state index contributed by atoms with van der Waals surface area (Å²) in [5.74, 6) is 0.901. The first kappa shape index (κ1) is 16.6. The van der Waals surface area contributed by atoms with E-state index >= 15 is 4.39 Å². The second-order valence-electron chi connectivity index (χ2n) is 6.94. The maximum atomic E-state index is 15.1. The van der Waals surface area contributed by atoms with Crippen LogP contribution in [0.3, 0.4) is 0 Å². The quantitative estimate of drug-likeness (QED) is 0.516. The number of fused-ring (bicyclic) bond motifs is 2. The summed E-state index contributed by atoms with van der Waals surface area (Å²) >= 11 is 0. The normalized spacial score (nSPS) is 12.7. The Labute approximate surface area is 161 Å². The predicted molar refractivity (Wildman–Crippen MR) is 110 cm³/mol. The van der Waals surface area contributed by atoms with E-state index in [1.54, 1.807) is 18.5 Å². The first-order chi connectivity index (χ1) is 13.7. The van der Waals surface area contributed by atoms with E-state index < -0.39 is 0 Å². The molecule has 1 N–H and O–H groups in total. The molecule has 4 aromatic rings. The fraction of sp³-hybridized carbons (Fsp3) is 0.0870. The van der Waals surface area contributed by atoms with Crippen molar-refractivity contribution in [1.82, 2.24) is 15.0 Å². The van der Waals surface area contributed by atoms with Crippen molar-refractivity contribution in [1.29, 1.82) is 0 Å². The summed E-state index contributed by atoms with van der Waals surface area (Å²) in [5, 5.41) is 4.04. The number of para-hydroxylation sites is 1. The molecular formula is C23H17FN4. The van der Waals surface area contributed by atoms with Crippen LogP contribution in [0.25, 0.3) is 28.4 Å². The van der Waals surface area contributed by atoms with Gasteiger partial charge in [-0.3, -0.25) is 4.98 Å². The Balaban J connectivity index is 1.64. The Kier molecular flexibility index (Phi) is 3.86. The fourth-order valence-electron chi connectivity index (χ4n) is 3.57. The highest BCUT2D eigenvalue weighted by molar-refractivity contribution is 5.92. The highest BCUT2D eigenvalue weighted by Crippen LogP contribution is 2.33. The minimum absolute atomic E-state index is 0.248. The zero-order valence-electron chi connectivity index (χ0n) is 15.3. The number of anilines is 2. The number of hydrogen-bond donors (Lipinski definition) is 1. The number of aromatic nitrogens is 3. The van der Waals surface area contributed by atoms with E-state index in [0.717, 1.165) is 28.5 Å². The Morgan fingerprint density at radius 1 is 0.964 bits per heavy atom. The van der Waals surface area contributed by atoms with Crippen molar-refractivity contribution >= 4 is 28.5 Å². The van der Waals surface area contributed by atoms with Crippen molar-refractivity contribution in [3.63, 3.8) is 0 Å². The molecular weight excluding hydrogens is 351 g/mol. The SMILES string of the molecule is CC1=Cc2c(ccc(Nc3nc(-c4ccncc4)nc4ccccc34)c2F)C1. The number of hydrogen-bond acceptors (Lipinski definition) is 4. The summed E-state index contributed by atoms with van der Waals surface area (Å²) in [6, 6.07) is 15.2. The molecule has 5 rings (SSSR count). The average molecular weight is 368 g/mol. The molecule has 28 heavy (non-hydrogen) atoms. The lowest BCUT2D eigenvalue weighted by molar-refractivity contribution is 0.628. The molecule has 2 aromatic carbocycles. The van der Waals surface area contributed by atoms with Crippen molar-refractivity contribution in [3.8, 4) is 11.4 Å². The van der Waals surface area contributed by atoms with E-state index in [2.05, 4.69) is 20.3 Å². The first-order valence-electron chi connectivity index (χ1n) is 9.12. The van der Waals surface area contributed by atoms with Crippen LogP contribution >= 0.6 is 0 Å². The van der Waals surface area contributed by atoms with Crippen LogP contribution in [0.15, 0.2) is 66.5 Å². The van der Waals surface area contributed by atoms with Crippen molar-refractivity contribution < 1.29 is 4.39 Å². The number of halogens is 1. The number of rotatable bonds is 3. The van der Waals surface area contributed by atoms with Gasteiger partial charge in [0.15, 0.2) is 11.6 Å². The molecule has 0 fully saturated rings. The zero-order valence-corrected chi connectivity index (χ0v) is 15.3. The average Bonchev–Trinajstić information content (AvgIpc) is 3.12. The van der Waals surface area contributed by atoms with Crippen LogP contribution in [0.4, 0.5) is 15.9 Å². The Hall–Kier alpha value is -3.60. The van der Waals surface area contributed by atoms with Crippen LogP contribution in [0.5, 0.6) is 0 Å². The van der Waals surface area contributed by atoms with Crippen LogP contribution in [-0.2, 0) is 6.42 Å². The van der Waals surface area contributed by atoms with Gasteiger partial charge in [0, 0.05) is 28.9 Å². The van der Waals surface area contributed by atoms with Crippen molar-refractivity contribution in [2.24, 2.45) is 0 Å². The van der Waals surface area contributed by atoms with Crippen LogP contribution in [0.1, 0.15) is 18.1 Å². The highest BCUT2D eigenvalue weighted by Gasteiger charge is 2.18. The van der Waals surface area contributed by atoms with E-state index in [-0.39, 0.29) is 5.82 Å². The third-order valence-electron chi connectivity index (χ3n) is 4.92. The molecule has 4 nitrogen and oxygen atoms in total. The first-order valence-corrected chi connectivity index (χ1v) is 9.12. The molecule has 0 radical (unpaired) electrons. The monoisotopic (exact) mass is 368 g/mol. The van der Waals surface area contributed by atoms with E-state index in [4.69, 9.17) is 0 Å². The number of benzene rings is 2. The second-order valence-corrected chi connectivity index (χ2v) is 6.94. The number of nitrogens with one attached hydrogen (secondary N) is 1. The molecule has 0 unspecified atom stereocenters. The molecule has 0 bridgehead atoms. The summed E-state index contributed by atoms with van der Waals surface area (Å²) in [7, 11) is 0. The largest absolute Gasteiger partial charge is 0.337 e. The summed E-state index contributed by atoms with van der Waals surface area (Å²) in [5.41, 5.74) is 4.91. The molecule has 0 saturated carbocycles. The Morgan fingerprint density at radius 3 is 2.64 bits per heavy atom. The number of pyridine rings is 1. The Bertz CT molecular complexity index is 1230. The lowest BCUT2D eigenvalue weighted by Gasteiger charge is -2.13. The van der Waals surface area contributed by atoms with Crippen molar-refractivity contribution in [3.05, 3.63) is 83.4 Å². The minimum atomic E-state index is -0.248. The third kappa shape index (κ3) is 2.81. The highest BCUT2D eigenvalue weighted by atomic mass is 19.1. The van der Waals surface area contributed by atoms with Gasteiger partial charge in [0.25, 0.3) is 0 Å². The summed E-state index contributed by atoms with van der Waals surface area (Å²) in [6.07, 6.45) is 6.12. The van der Waals surface area contributed by atoms with Gasteiger partial charge in [-0.05, 0) is 49.2 Å². The van der Waals surface area contributed by atoms with Gasteiger partial charge < -0.3 is 5.32 Å². The smallest absolute Gasteiger partial charge is 0.162 e. The molecule has 2 heterocycles. The predicted octanol–water partition coefficient (Wildman–Crippen LogP) is 5.53. The van der Waals surface area contributed by atoms with E-state index in [1.165, 1.54) is 5.57 Å². The summed E-state index contributed by atoms with van der Waals surface area (Å²) in [6.45, 7) is 2.02. The van der Waals surface area contributed by atoms with Gasteiger partial charge in [-0.1, -0.05) is 29.8 Å². The van der Waals surface area contributed by atoms with Crippen LogP contribution < -0.4 is 5.32 Å². The molecule has 0 aliphatic heterocycles. The lowest BCUT2D eigenvalue weighted by atomic mass is 10.1. The number of nitrogens with zero attached hydrogens (tertiary/aromatic N) is 3. The molecule has 136 valence electrons. The zero-order chi connectivity index (χ0) is 19.1. The van der Waals surface area contributed by atoms with Gasteiger partial charge in [0.2, 0.25) is 0 Å². The molecule has 0 spiro atoms. The molecule has 1 aliphatic rings. The van der Waals surface area contributed by atoms with Gasteiger partial charge in [-0.2, -0.15) is 0 Å². The summed E-state index contributed by atoms with van der Waals surface area (Å²) < 4.78 is 15.1.